The molecule has 0 radical (unpaired) electrons. The molecule has 192 valence electrons. The zero-order valence-electron chi connectivity index (χ0n) is 20.7. The molecule has 1 saturated carbocycles. The van der Waals surface area contributed by atoms with Crippen LogP contribution in [0.4, 0.5) is 5.69 Å². The summed E-state index contributed by atoms with van der Waals surface area (Å²) in [6.45, 7) is 6.00. The Morgan fingerprint density at radius 2 is 2.08 bits per heavy atom. The number of nitrogens with zero attached hydrogens (tertiary/aromatic N) is 4. The molecule has 36 heavy (non-hydrogen) atoms. The number of carbonyl (C=O) groups is 3. The van der Waals surface area contributed by atoms with Gasteiger partial charge in [0.1, 0.15) is 17.8 Å². The molecule has 11 nitrogen and oxygen atoms in total. The van der Waals surface area contributed by atoms with E-state index in [0.717, 1.165) is 18.5 Å². The van der Waals surface area contributed by atoms with Crippen LogP contribution in [-0.4, -0.2) is 68.0 Å². The smallest absolute Gasteiger partial charge is 0.262 e. The molecule has 3 N–H and O–H groups in total. The van der Waals surface area contributed by atoms with Gasteiger partial charge in [0.2, 0.25) is 11.8 Å². The minimum absolute atomic E-state index is 0.0529. The summed E-state index contributed by atoms with van der Waals surface area (Å²) in [5.41, 5.74) is 1.60. The number of benzene rings is 1. The molecule has 0 spiro atoms. The molecule has 1 aromatic heterocycles. The van der Waals surface area contributed by atoms with E-state index in [1.165, 1.54) is 4.90 Å². The van der Waals surface area contributed by atoms with Gasteiger partial charge in [-0.05, 0) is 29.9 Å². The highest BCUT2D eigenvalue weighted by atomic mass is 16.5. The van der Waals surface area contributed by atoms with Crippen molar-refractivity contribution in [2.75, 3.05) is 18.5 Å². The van der Waals surface area contributed by atoms with Crippen molar-refractivity contribution >= 4 is 23.4 Å². The molecule has 2 fully saturated rings. The lowest BCUT2D eigenvalue weighted by molar-refractivity contribution is -0.144. The van der Waals surface area contributed by atoms with Crippen molar-refractivity contribution in [3.63, 3.8) is 0 Å². The fraction of sp³-hybridized carbons (Fsp3) is 0.560. The Morgan fingerprint density at radius 1 is 1.31 bits per heavy atom. The number of ether oxygens (including phenoxy) is 1. The van der Waals surface area contributed by atoms with Crippen LogP contribution in [0.25, 0.3) is 0 Å². The molecule has 2 aromatic rings. The van der Waals surface area contributed by atoms with Gasteiger partial charge < -0.3 is 25.4 Å². The van der Waals surface area contributed by atoms with E-state index in [4.69, 9.17) is 4.74 Å². The van der Waals surface area contributed by atoms with Gasteiger partial charge >= 0.3 is 0 Å². The minimum atomic E-state index is -0.825. The van der Waals surface area contributed by atoms with Gasteiger partial charge in [0.05, 0.1) is 17.5 Å². The van der Waals surface area contributed by atoms with Gasteiger partial charge in [0.15, 0.2) is 6.61 Å². The molecule has 0 unspecified atom stereocenters. The number of aliphatic hydroxyl groups excluding tert-OH is 1. The highest BCUT2D eigenvalue weighted by Crippen LogP contribution is 2.40. The molecule has 3 aliphatic rings. The van der Waals surface area contributed by atoms with Crippen LogP contribution in [0.5, 0.6) is 5.75 Å². The number of nitrogens with one attached hydrogen (secondary N) is 2. The summed E-state index contributed by atoms with van der Waals surface area (Å²) in [5.74, 6) is 0.0409. The monoisotopic (exact) mass is 496 g/mol. The standard InChI is InChI=1S/C25H32N6O5/c1-25(2,3)22(31-12-17(28-29-31)14-7-8-14)24(35)30-11-16(32)9-18(30)23(34)26-10-15-5-4-6-19-21(15)27-20(33)13-36-19/h4-6,12,14,16,18,22,32H,7-11,13H2,1-3H3,(H,26,34)(H,27,33)/t16-,18+,22-/m1/s1. The van der Waals surface area contributed by atoms with Crippen LogP contribution in [0.3, 0.4) is 0 Å². The molecule has 5 rings (SSSR count). The van der Waals surface area contributed by atoms with Crippen LogP contribution in [0.1, 0.15) is 63.3 Å². The highest BCUT2D eigenvalue weighted by Gasteiger charge is 2.45. The predicted octanol–water partition coefficient (Wildman–Crippen LogP) is 1.35. The first-order valence-corrected chi connectivity index (χ1v) is 12.3. The molecule has 11 heteroatoms. The molecular formula is C25H32N6O5. The normalized spacial score (nSPS) is 22.4. The molecule has 1 aliphatic carbocycles. The Hall–Kier alpha value is -3.47. The molecular weight excluding hydrogens is 464 g/mol. The van der Waals surface area contributed by atoms with E-state index in [9.17, 15) is 19.5 Å². The number of likely N-dealkylation sites (tertiary alicyclic amines) is 1. The third-order valence-corrected chi connectivity index (χ3v) is 6.90. The van der Waals surface area contributed by atoms with Crippen LogP contribution in [0.2, 0.25) is 0 Å². The molecule has 2 aliphatic heterocycles. The fourth-order valence-corrected chi connectivity index (χ4v) is 4.93. The van der Waals surface area contributed by atoms with Gasteiger partial charge in [-0.25, -0.2) is 4.68 Å². The Bertz CT molecular complexity index is 1180. The number of fused-ring (bicyclic) bond motifs is 1. The maximum absolute atomic E-state index is 13.8. The lowest BCUT2D eigenvalue weighted by atomic mass is 9.85. The minimum Gasteiger partial charge on any atom is -0.482 e. The molecule has 3 amide bonds. The van der Waals surface area contributed by atoms with Crippen LogP contribution < -0.4 is 15.4 Å². The van der Waals surface area contributed by atoms with Crippen molar-refractivity contribution in [2.45, 2.75) is 70.7 Å². The highest BCUT2D eigenvalue weighted by molar-refractivity contribution is 5.96. The molecule has 1 aromatic carbocycles. The van der Waals surface area contributed by atoms with Crippen molar-refractivity contribution in [2.24, 2.45) is 5.41 Å². The second kappa shape index (κ2) is 9.20. The van der Waals surface area contributed by atoms with E-state index < -0.39 is 23.6 Å². The van der Waals surface area contributed by atoms with Crippen LogP contribution in [-0.2, 0) is 20.9 Å². The zero-order valence-corrected chi connectivity index (χ0v) is 20.7. The number of para-hydroxylation sites is 1. The Kier molecular flexibility index (Phi) is 6.19. The Morgan fingerprint density at radius 3 is 2.81 bits per heavy atom. The van der Waals surface area contributed by atoms with Crippen molar-refractivity contribution in [3.05, 3.63) is 35.7 Å². The quantitative estimate of drug-likeness (QED) is 0.549. The second-order valence-electron chi connectivity index (χ2n) is 10.9. The fourth-order valence-electron chi connectivity index (χ4n) is 4.93. The summed E-state index contributed by atoms with van der Waals surface area (Å²) in [6, 6.07) is 3.83. The maximum atomic E-state index is 13.8. The van der Waals surface area contributed by atoms with Crippen molar-refractivity contribution in [1.82, 2.24) is 25.2 Å². The average molecular weight is 497 g/mol. The third-order valence-electron chi connectivity index (χ3n) is 6.90. The number of aromatic nitrogens is 3. The Balaban J connectivity index is 1.33. The summed E-state index contributed by atoms with van der Waals surface area (Å²) in [5, 5.41) is 24.6. The van der Waals surface area contributed by atoms with Crippen LogP contribution in [0, 0.1) is 5.41 Å². The van der Waals surface area contributed by atoms with E-state index in [-0.39, 0.29) is 43.8 Å². The van der Waals surface area contributed by atoms with E-state index in [1.54, 1.807) is 22.9 Å². The summed E-state index contributed by atoms with van der Waals surface area (Å²) in [4.78, 5) is 40.3. The van der Waals surface area contributed by atoms with Gasteiger partial charge in [-0.2, -0.15) is 0 Å². The first-order valence-electron chi connectivity index (χ1n) is 12.3. The number of hydrogen-bond acceptors (Lipinski definition) is 7. The van der Waals surface area contributed by atoms with E-state index in [1.807, 2.05) is 27.0 Å². The summed E-state index contributed by atoms with van der Waals surface area (Å²) in [7, 11) is 0. The lowest BCUT2D eigenvalue weighted by Gasteiger charge is -2.34. The number of anilines is 1. The molecule has 3 heterocycles. The second-order valence-corrected chi connectivity index (χ2v) is 10.9. The third kappa shape index (κ3) is 4.79. The first-order chi connectivity index (χ1) is 17.1. The number of rotatable bonds is 6. The zero-order chi connectivity index (χ0) is 25.6. The lowest BCUT2D eigenvalue weighted by Crippen LogP contribution is -2.50. The first kappa shape index (κ1) is 24.2. The summed E-state index contributed by atoms with van der Waals surface area (Å²) < 4.78 is 7.05. The number of amides is 3. The molecule has 0 bridgehead atoms. The van der Waals surface area contributed by atoms with Crippen molar-refractivity contribution in [3.8, 4) is 5.75 Å². The van der Waals surface area contributed by atoms with E-state index in [0.29, 0.717) is 22.9 Å². The number of hydrogen-bond donors (Lipinski definition) is 3. The van der Waals surface area contributed by atoms with Gasteiger partial charge in [0.25, 0.3) is 5.91 Å². The van der Waals surface area contributed by atoms with Gasteiger partial charge in [-0.15, -0.1) is 5.10 Å². The number of β-amino-alcohol motifs (C(OH)–C–C–N with tert-alkyl or cyclic N) is 1. The van der Waals surface area contributed by atoms with Crippen molar-refractivity contribution < 1.29 is 24.2 Å². The molecule has 1 saturated heterocycles. The Labute approximate surface area is 209 Å². The van der Waals surface area contributed by atoms with E-state index in [2.05, 4.69) is 20.9 Å². The topological polar surface area (TPSA) is 139 Å². The van der Waals surface area contributed by atoms with Gasteiger partial charge in [-0.1, -0.05) is 38.1 Å². The number of aliphatic hydroxyl groups is 1. The summed E-state index contributed by atoms with van der Waals surface area (Å²) >= 11 is 0. The van der Waals surface area contributed by atoms with Crippen molar-refractivity contribution in [1.29, 1.82) is 0 Å². The average Bonchev–Trinajstić information content (AvgIpc) is 3.43. The summed E-state index contributed by atoms with van der Waals surface area (Å²) in [6.07, 6.45) is 3.33. The van der Waals surface area contributed by atoms with Crippen LogP contribution >= 0.6 is 0 Å². The van der Waals surface area contributed by atoms with E-state index >= 15 is 0 Å². The predicted molar refractivity (Wildman–Crippen MR) is 129 cm³/mol. The number of carbonyl (C=O) groups excluding carboxylic acids is 3. The maximum Gasteiger partial charge on any atom is 0.262 e. The van der Waals surface area contributed by atoms with Gasteiger partial charge in [0, 0.05) is 31.6 Å². The largest absolute Gasteiger partial charge is 0.482 e. The van der Waals surface area contributed by atoms with Crippen LogP contribution in [0.15, 0.2) is 24.4 Å². The SMILES string of the molecule is CC(C)(C)[C@@H](C(=O)N1C[C@H](O)C[C@H]1C(=O)NCc1cccc2c1NC(=O)CO2)n1cc(C2CC2)nn1. The molecule has 3 atom stereocenters. The van der Waals surface area contributed by atoms with Gasteiger partial charge in [-0.3, -0.25) is 14.4 Å².